The van der Waals surface area contributed by atoms with Crippen molar-refractivity contribution in [2.45, 2.75) is 75.9 Å². The largest absolute Gasteiger partial charge is 0.364 e. The molecule has 1 aliphatic heterocycles. The lowest BCUT2D eigenvalue weighted by molar-refractivity contribution is -0.136. The molecule has 3 aromatic rings. The smallest absolute Gasteiger partial charge is 0.324 e. The standard InChI is InChI=1S/C31H41N4O4PS/c1-6-27(36)34-20-21-35(28(24-14-9-7-10-15-24)25-16-11-8-12-17-25)31(29(34)32)41-30-26(18-13-19-33-30)40(37,38-22(2)3)39-23(4)5/h7-19,22-23,28-29,31H,6,20-21,32H2,1-5H3. The highest BCUT2D eigenvalue weighted by atomic mass is 32.2. The Morgan fingerprint density at radius 2 is 1.51 bits per heavy atom. The van der Waals surface area contributed by atoms with Crippen molar-refractivity contribution >= 4 is 30.6 Å². The molecule has 1 aliphatic rings. The number of amides is 1. The molecule has 4 rings (SSSR count). The molecule has 2 aromatic carbocycles. The number of nitrogens with zero attached hydrogens (tertiary/aromatic N) is 3. The Kier molecular flexibility index (Phi) is 10.8. The fourth-order valence-electron chi connectivity index (χ4n) is 5.09. The molecule has 1 aromatic heterocycles. The number of hydrogen-bond acceptors (Lipinski definition) is 8. The van der Waals surface area contributed by atoms with Gasteiger partial charge >= 0.3 is 7.60 Å². The third-order valence-electron chi connectivity index (χ3n) is 6.74. The minimum Gasteiger partial charge on any atom is -0.324 e. The number of thioether (sulfide) groups is 1. The number of benzene rings is 2. The van der Waals surface area contributed by atoms with Gasteiger partial charge in [-0.25, -0.2) is 4.98 Å². The summed E-state index contributed by atoms with van der Waals surface area (Å²) in [5.74, 6) is -0.00285. The first kappa shape index (κ1) is 31.4. The molecule has 2 N–H and O–H groups in total. The Bertz CT molecular complexity index is 1270. The van der Waals surface area contributed by atoms with Gasteiger partial charge in [0.1, 0.15) is 11.2 Å². The monoisotopic (exact) mass is 596 g/mol. The van der Waals surface area contributed by atoms with Crippen molar-refractivity contribution in [3.8, 4) is 0 Å². The molecular weight excluding hydrogens is 555 g/mol. The molecule has 41 heavy (non-hydrogen) atoms. The molecule has 8 nitrogen and oxygen atoms in total. The second-order valence-corrected chi connectivity index (χ2v) is 13.5. The third-order valence-corrected chi connectivity index (χ3v) is 10.6. The van der Waals surface area contributed by atoms with E-state index in [1.807, 2.05) is 71.0 Å². The van der Waals surface area contributed by atoms with Gasteiger partial charge in [-0.2, -0.15) is 0 Å². The lowest BCUT2D eigenvalue weighted by Gasteiger charge is -2.48. The van der Waals surface area contributed by atoms with E-state index in [9.17, 15) is 9.36 Å². The fraction of sp³-hybridized carbons (Fsp3) is 0.419. The summed E-state index contributed by atoms with van der Waals surface area (Å²) in [6, 6.07) is 23.9. The molecule has 0 bridgehead atoms. The van der Waals surface area contributed by atoms with Gasteiger partial charge in [-0.1, -0.05) is 79.3 Å². The number of rotatable bonds is 11. The third kappa shape index (κ3) is 7.47. The van der Waals surface area contributed by atoms with E-state index in [0.29, 0.717) is 29.8 Å². The van der Waals surface area contributed by atoms with Crippen LogP contribution in [0.4, 0.5) is 0 Å². The van der Waals surface area contributed by atoms with Gasteiger partial charge in [0.15, 0.2) is 0 Å². The van der Waals surface area contributed by atoms with Crippen LogP contribution < -0.4 is 11.0 Å². The molecule has 1 fully saturated rings. The van der Waals surface area contributed by atoms with Crippen molar-refractivity contribution in [3.63, 3.8) is 0 Å². The number of carbonyl (C=O) groups is 1. The highest BCUT2D eigenvalue weighted by Gasteiger charge is 2.43. The molecule has 220 valence electrons. The minimum absolute atomic E-state index is 0.00285. The maximum Gasteiger partial charge on any atom is 0.364 e. The quantitative estimate of drug-likeness (QED) is 0.278. The summed E-state index contributed by atoms with van der Waals surface area (Å²) in [5, 5.41) is 0.493. The second-order valence-electron chi connectivity index (χ2n) is 10.5. The van der Waals surface area contributed by atoms with Crippen molar-refractivity contribution in [3.05, 3.63) is 90.1 Å². The van der Waals surface area contributed by atoms with E-state index < -0.39 is 19.1 Å². The van der Waals surface area contributed by atoms with Crippen LogP contribution in [0.2, 0.25) is 0 Å². The summed E-state index contributed by atoms with van der Waals surface area (Å²) in [4.78, 5) is 21.7. The van der Waals surface area contributed by atoms with E-state index >= 15 is 0 Å². The molecule has 0 aliphatic carbocycles. The zero-order chi connectivity index (χ0) is 29.6. The van der Waals surface area contributed by atoms with Crippen LogP contribution in [0.25, 0.3) is 0 Å². The van der Waals surface area contributed by atoms with E-state index in [1.165, 1.54) is 11.8 Å². The maximum atomic E-state index is 14.2. The van der Waals surface area contributed by atoms with Gasteiger partial charge in [0.2, 0.25) is 5.91 Å². The molecule has 2 unspecified atom stereocenters. The van der Waals surface area contributed by atoms with Crippen molar-refractivity contribution in [1.82, 2.24) is 14.8 Å². The molecule has 1 saturated heterocycles. The van der Waals surface area contributed by atoms with Crippen LogP contribution in [0.1, 0.15) is 58.2 Å². The van der Waals surface area contributed by atoms with Gasteiger partial charge in [0.25, 0.3) is 0 Å². The van der Waals surface area contributed by atoms with Crippen LogP contribution in [-0.4, -0.2) is 57.5 Å². The van der Waals surface area contributed by atoms with Gasteiger partial charge in [0, 0.05) is 25.7 Å². The Balaban J connectivity index is 1.82. The number of aromatic nitrogens is 1. The van der Waals surface area contributed by atoms with Gasteiger partial charge in [-0.15, -0.1) is 0 Å². The van der Waals surface area contributed by atoms with Gasteiger partial charge in [-0.3, -0.25) is 14.3 Å². The number of pyridine rings is 1. The molecule has 0 radical (unpaired) electrons. The Labute approximate surface area is 248 Å². The first-order valence-electron chi connectivity index (χ1n) is 14.1. The molecule has 1 amide bonds. The summed E-state index contributed by atoms with van der Waals surface area (Å²) < 4.78 is 26.2. The summed E-state index contributed by atoms with van der Waals surface area (Å²) in [7, 11) is -3.73. The Morgan fingerprint density at radius 3 is 2.02 bits per heavy atom. The topological polar surface area (TPSA) is 98.0 Å². The van der Waals surface area contributed by atoms with E-state index in [2.05, 4.69) is 34.1 Å². The number of hydrogen-bond donors (Lipinski definition) is 1. The summed E-state index contributed by atoms with van der Waals surface area (Å²) in [5.41, 5.74) is 9.17. The van der Waals surface area contributed by atoms with Gasteiger partial charge in [0.05, 0.1) is 28.9 Å². The first-order valence-corrected chi connectivity index (χ1v) is 16.6. The van der Waals surface area contributed by atoms with Crippen LogP contribution in [-0.2, 0) is 18.4 Å². The van der Waals surface area contributed by atoms with E-state index in [1.54, 1.807) is 23.2 Å². The zero-order valence-corrected chi connectivity index (χ0v) is 26.1. The second kappa shape index (κ2) is 14.1. The molecule has 10 heteroatoms. The number of nitrogens with two attached hydrogens (primary N) is 1. The predicted molar refractivity (Wildman–Crippen MR) is 165 cm³/mol. The van der Waals surface area contributed by atoms with E-state index in [-0.39, 0.29) is 24.2 Å². The lowest BCUT2D eigenvalue weighted by atomic mass is 9.96. The molecule has 2 heterocycles. The average Bonchev–Trinajstić information content (AvgIpc) is 2.95. The molecule has 0 spiro atoms. The Hall–Kier alpha value is -2.52. The summed E-state index contributed by atoms with van der Waals surface area (Å²) >= 11 is 1.40. The predicted octanol–water partition coefficient (Wildman–Crippen LogP) is 5.80. The molecule has 2 atom stereocenters. The van der Waals surface area contributed by atoms with Crippen LogP contribution in [0.15, 0.2) is 84.0 Å². The zero-order valence-electron chi connectivity index (χ0n) is 24.4. The van der Waals surface area contributed by atoms with Crippen molar-refractivity contribution in [2.75, 3.05) is 13.1 Å². The average molecular weight is 597 g/mol. The molecular formula is C31H41N4O4PS. The van der Waals surface area contributed by atoms with Crippen LogP contribution >= 0.6 is 19.4 Å². The first-order chi connectivity index (χ1) is 19.6. The molecule has 0 saturated carbocycles. The van der Waals surface area contributed by atoms with Gasteiger partial charge in [-0.05, 0) is 51.0 Å². The number of carbonyl (C=O) groups excluding carboxylic acids is 1. The summed E-state index contributed by atoms with van der Waals surface area (Å²) in [6.07, 6.45) is 0.733. The minimum atomic E-state index is -3.73. The Morgan fingerprint density at radius 1 is 0.951 bits per heavy atom. The van der Waals surface area contributed by atoms with Crippen LogP contribution in [0, 0.1) is 0 Å². The van der Waals surface area contributed by atoms with E-state index in [0.717, 1.165) is 11.1 Å². The van der Waals surface area contributed by atoms with Gasteiger partial charge < -0.3 is 19.7 Å². The lowest BCUT2D eigenvalue weighted by Crippen LogP contribution is -2.64. The van der Waals surface area contributed by atoms with Crippen LogP contribution in [0.5, 0.6) is 0 Å². The van der Waals surface area contributed by atoms with Crippen molar-refractivity contribution in [1.29, 1.82) is 0 Å². The maximum absolute atomic E-state index is 14.2. The van der Waals surface area contributed by atoms with Crippen molar-refractivity contribution < 1.29 is 18.4 Å². The normalized spacial score (nSPS) is 18.4. The fourth-order valence-corrected chi connectivity index (χ4v) is 8.72. The SMILES string of the molecule is CCC(=O)N1CCN(C(c2ccccc2)c2ccccc2)C(Sc2ncccc2P(=O)(OC(C)C)OC(C)C)C1N. The highest BCUT2D eigenvalue weighted by molar-refractivity contribution is 8.00. The highest BCUT2D eigenvalue weighted by Crippen LogP contribution is 2.52. The number of piperazine rings is 1. The van der Waals surface area contributed by atoms with Crippen molar-refractivity contribution in [2.24, 2.45) is 5.73 Å². The van der Waals surface area contributed by atoms with E-state index in [4.69, 9.17) is 14.8 Å². The summed E-state index contributed by atoms with van der Waals surface area (Å²) in [6.45, 7) is 10.3. The van der Waals surface area contributed by atoms with Crippen LogP contribution in [0.3, 0.4) is 0 Å².